The Morgan fingerprint density at radius 3 is 2.83 bits per heavy atom. The number of fused-ring (bicyclic) bond motifs is 4. The second-order valence-corrected chi connectivity index (χ2v) is 9.95. The Morgan fingerprint density at radius 2 is 2.07 bits per heavy atom. The van der Waals surface area contributed by atoms with Crippen molar-refractivity contribution in [2.75, 3.05) is 33.7 Å². The number of carbonyl (C=O) groups is 1. The third kappa shape index (κ3) is 4.49. The quantitative estimate of drug-likeness (QED) is 0.734. The van der Waals surface area contributed by atoms with Crippen LogP contribution in [0.15, 0.2) is 0 Å². The summed E-state index contributed by atoms with van der Waals surface area (Å²) >= 11 is 6.46. The largest absolute Gasteiger partial charge is 0.344 e. The SMILES string of the molecule is CCCCc1nc(Cl)c(CN2C[C@H]3C[C@@H](C2)[C@H](CN(C)C)N2C(=O)CCC[C@@H]32)[nH]1. The molecule has 3 aliphatic heterocycles. The molecule has 3 aliphatic rings. The van der Waals surface area contributed by atoms with E-state index in [4.69, 9.17) is 11.6 Å². The zero-order valence-electron chi connectivity index (χ0n) is 18.2. The molecule has 0 saturated carbocycles. The van der Waals surface area contributed by atoms with Crippen molar-refractivity contribution in [3.8, 4) is 0 Å². The van der Waals surface area contributed by atoms with E-state index in [1.165, 1.54) is 6.42 Å². The number of carbonyl (C=O) groups excluding carboxylic acids is 1. The number of rotatable bonds is 7. The fraction of sp³-hybridized carbons (Fsp3) is 0.818. The molecule has 4 rings (SSSR count). The summed E-state index contributed by atoms with van der Waals surface area (Å²) in [5.41, 5.74) is 1.05. The summed E-state index contributed by atoms with van der Waals surface area (Å²) < 4.78 is 0. The number of aryl methyl sites for hydroxylation is 1. The molecule has 1 N–H and O–H groups in total. The highest BCUT2D eigenvalue weighted by atomic mass is 35.5. The number of hydrogen-bond donors (Lipinski definition) is 1. The lowest BCUT2D eigenvalue weighted by Gasteiger charge is -2.57. The van der Waals surface area contributed by atoms with Crippen molar-refractivity contribution < 1.29 is 4.79 Å². The van der Waals surface area contributed by atoms with Crippen LogP contribution in [0.5, 0.6) is 0 Å². The standard InChI is InChI=1S/C22H36ClN5O/c1-4-5-8-20-24-17(22(23)25-20)13-27-11-15-10-16(12-27)19(14-26(2)3)28-18(15)7-6-9-21(28)29/h15-16,18-19H,4-14H2,1-3H3,(H,24,25)/t15-,16+,18+,19+/m1/s1. The van der Waals surface area contributed by atoms with E-state index < -0.39 is 0 Å². The van der Waals surface area contributed by atoms with Crippen LogP contribution in [0.4, 0.5) is 0 Å². The molecule has 4 atom stereocenters. The number of likely N-dealkylation sites (tertiary alicyclic amines) is 1. The van der Waals surface area contributed by atoms with Crippen LogP contribution in [-0.2, 0) is 17.8 Å². The number of aromatic nitrogens is 2. The fourth-order valence-corrected chi connectivity index (χ4v) is 6.05. The van der Waals surface area contributed by atoms with Crippen LogP contribution < -0.4 is 0 Å². The Labute approximate surface area is 180 Å². The predicted octanol–water partition coefficient (Wildman–Crippen LogP) is 3.17. The van der Waals surface area contributed by atoms with Gasteiger partial charge in [-0.25, -0.2) is 4.98 Å². The number of unbranched alkanes of at least 4 members (excludes halogenated alkanes) is 1. The molecule has 0 spiro atoms. The molecule has 0 aromatic carbocycles. The highest BCUT2D eigenvalue weighted by molar-refractivity contribution is 6.30. The molecule has 0 radical (unpaired) electrons. The highest BCUT2D eigenvalue weighted by Gasteiger charge is 2.49. The number of nitrogens with one attached hydrogen (secondary N) is 1. The topological polar surface area (TPSA) is 55.5 Å². The molecule has 1 amide bonds. The van der Waals surface area contributed by atoms with Crippen molar-refractivity contribution in [3.63, 3.8) is 0 Å². The van der Waals surface area contributed by atoms with Crippen LogP contribution in [-0.4, -0.2) is 76.4 Å². The number of amides is 1. The summed E-state index contributed by atoms with van der Waals surface area (Å²) in [5.74, 6) is 2.51. The molecule has 162 valence electrons. The molecule has 4 heterocycles. The van der Waals surface area contributed by atoms with Crippen LogP contribution in [0.2, 0.25) is 5.15 Å². The molecule has 1 aromatic heterocycles. The monoisotopic (exact) mass is 421 g/mol. The summed E-state index contributed by atoms with van der Waals surface area (Å²) in [6, 6.07) is 0.747. The number of nitrogens with zero attached hydrogens (tertiary/aromatic N) is 4. The fourth-order valence-electron chi connectivity index (χ4n) is 5.84. The first kappa shape index (κ1) is 21.1. The normalized spacial score (nSPS) is 30.1. The Hall–Kier alpha value is -1.11. The van der Waals surface area contributed by atoms with Gasteiger partial charge in [-0.3, -0.25) is 9.69 Å². The lowest BCUT2D eigenvalue weighted by Crippen LogP contribution is -2.66. The number of aromatic amines is 1. The number of likely N-dealkylation sites (N-methyl/N-ethyl adjacent to an activating group) is 1. The molecule has 0 aliphatic carbocycles. The van der Waals surface area contributed by atoms with Gasteiger partial charge in [0.1, 0.15) is 5.82 Å². The molecule has 1 aromatic rings. The van der Waals surface area contributed by atoms with Gasteiger partial charge in [0.25, 0.3) is 0 Å². The predicted molar refractivity (Wildman–Crippen MR) is 116 cm³/mol. The van der Waals surface area contributed by atoms with E-state index in [0.717, 1.165) is 76.2 Å². The number of H-pyrrole nitrogens is 1. The van der Waals surface area contributed by atoms with E-state index in [-0.39, 0.29) is 0 Å². The van der Waals surface area contributed by atoms with Crippen molar-refractivity contribution in [2.45, 2.75) is 70.5 Å². The van der Waals surface area contributed by atoms with E-state index >= 15 is 0 Å². The van der Waals surface area contributed by atoms with E-state index in [0.29, 0.717) is 35.0 Å². The summed E-state index contributed by atoms with van der Waals surface area (Å²) in [5, 5.41) is 0.631. The summed E-state index contributed by atoms with van der Waals surface area (Å²) in [6.07, 6.45) is 7.44. The molecule has 7 heteroatoms. The van der Waals surface area contributed by atoms with Crippen molar-refractivity contribution in [1.29, 1.82) is 0 Å². The minimum Gasteiger partial charge on any atom is -0.344 e. The Bertz CT molecular complexity index is 720. The van der Waals surface area contributed by atoms with E-state index in [1.54, 1.807) is 0 Å². The van der Waals surface area contributed by atoms with Crippen LogP contribution in [0.1, 0.15) is 57.0 Å². The molecule has 3 fully saturated rings. The van der Waals surface area contributed by atoms with Gasteiger partial charge >= 0.3 is 0 Å². The van der Waals surface area contributed by atoms with Crippen molar-refractivity contribution >= 4 is 17.5 Å². The summed E-state index contributed by atoms with van der Waals surface area (Å²) in [7, 11) is 4.25. The number of hydrogen-bond acceptors (Lipinski definition) is 4. The van der Waals surface area contributed by atoms with E-state index in [9.17, 15) is 4.79 Å². The molecule has 0 unspecified atom stereocenters. The van der Waals surface area contributed by atoms with Gasteiger partial charge in [-0.15, -0.1) is 0 Å². The maximum atomic E-state index is 12.8. The smallest absolute Gasteiger partial charge is 0.223 e. The van der Waals surface area contributed by atoms with Crippen LogP contribution in [0.25, 0.3) is 0 Å². The van der Waals surface area contributed by atoms with E-state index in [2.05, 4.69) is 45.7 Å². The molecular formula is C22H36ClN5O. The second kappa shape index (κ2) is 8.94. The van der Waals surface area contributed by atoms with Gasteiger partial charge in [0.15, 0.2) is 5.15 Å². The average molecular weight is 422 g/mol. The van der Waals surface area contributed by atoms with Gasteiger partial charge in [0.05, 0.1) is 5.69 Å². The molecule has 29 heavy (non-hydrogen) atoms. The zero-order valence-corrected chi connectivity index (χ0v) is 18.9. The second-order valence-electron chi connectivity index (χ2n) is 9.60. The minimum atomic E-state index is 0.333. The minimum absolute atomic E-state index is 0.333. The maximum absolute atomic E-state index is 12.8. The third-order valence-electron chi connectivity index (χ3n) is 7.05. The Kier molecular flexibility index (Phi) is 6.52. The first-order chi connectivity index (χ1) is 14.0. The first-order valence-electron chi connectivity index (χ1n) is 11.4. The van der Waals surface area contributed by atoms with Crippen molar-refractivity contribution in [1.82, 2.24) is 24.7 Å². The van der Waals surface area contributed by atoms with Crippen molar-refractivity contribution in [3.05, 3.63) is 16.7 Å². The van der Waals surface area contributed by atoms with Crippen LogP contribution in [0.3, 0.4) is 0 Å². The Balaban J connectivity index is 1.50. The van der Waals surface area contributed by atoms with E-state index in [1.807, 2.05) is 0 Å². The van der Waals surface area contributed by atoms with Crippen molar-refractivity contribution in [2.24, 2.45) is 11.8 Å². The van der Waals surface area contributed by atoms with Gasteiger partial charge in [0, 0.05) is 51.1 Å². The maximum Gasteiger partial charge on any atom is 0.223 e. The van der Waals surface area contributed by atoms with Crippen LogP contribution >= 0.6 is 11.6 Å². The van der Waals surface area contributed by atoms with Gasteiger partial charge in [-0.05, 0) is 51.6 Å². The summed E-state index contributed by atoms with van der Waals surface area (Å²) in [4.78, 5) is 27.9. The van der Waals surface area contributed by atoms with Gasteiger partial charge < -0.3 is 14.8 Å². The lowest BCUT2D eigenvalue weighted by molar-refractivity contribution is -0.153. The molecular weight excluding hydrogens is 386 g/mol. The third-order valence-corrected chi connectivity index (χ3v) is 7.36. The molecule has 6 nitrogen and oxygen atoms in total. The highest BCUT2D eigenvalue weighted by Crippen LogP contribution is 2.42. The first-order valence-corrected chi connectivity index (χ1v) is 11.8. The van der Waals surface area contributed by atoms with Gasteiger partial charge in [-0.1, -0.05) is 24.9 Å². The number of imidazole rings is 1. The molecule has 3 saturated heterocycles. The lowest BCUT2D eigenvalue weighted by atomic mass is 9.72. The van der Waals surface area contributed by atoms with Crippen LogP contribution in [0, 0.1) is 11.8 Å². The number of piperidine rings is 3. The zero-order chi connectivity index (χ0) is 20.5. The Morgan fingerprint density at radius 1 is 1.28 bits per heavy atom. The van der Waals surface area contributed by atoms with Gasteiger partial charge in [-0.2, -0.15) is 0 Å². The molecule has 2 bridgehead atoms. The van der Waals surface area contributed by atoms with Gasteiger partial charge in [0.2, 0.25) is 5.91 Å². The average Bonchev–Trinajstić information content (AvgIpc) is 3.02. The summed E-state index contributed by atoms with van der Waals surface area (Å²) in [6.45, 7) is 6.07. The number of halogens is 1.